The molecule has 4 aromatic rings. The number of aryl methyl sites for hydroxylation is 1. The number of carbonyl (C=O) groups is 4. The molecular weight excluding hydrogens is 584 g/mol. The second-order valence-electron chi connectivity index (χ2n) is 11.0. The van der Waals surface area contributed by atoms with E-state index >= 15 is 0 Å². The number of fused-ring (bicyclic) bond motifs is 4. The predicted octanol–water partition coefficient (Wildman–Crippen LogP) is 2.67. The van der Waals surface area contributed by atoms with Crippen LogP contribution in [0.15, 0.2) is 58.9 Å². The molecule has 1 aliphatic heterocycles. The Balaban J connectivity index is 1.49. The molecule has 0 aliphatic carbocycles. The Hall–Kier alpha value is -4.85. The minimum absolute atomic E-state index is 0.0460. The molecule has 4 bridgehead atoms. The molecule has 230 valence electrons. The summed E-state index contributed by atoms with van der Waals surface area (Å²) >= 11 is 1.28. The number of nitrogens with one attached hydrogen (secondary N) is 3. The zero-order valence-corrected chi connectivity index (χ0v) is 25.5. The fourth-order valence-electron chi connectivity index (χ4n) is 4.86. The topological polar surface area (TPSA) is 164 Å². The zero-order chi connectivity index (χ0) is 31.2. The van der Waals surface area contributed by atoms with Crippen LogP contribution in [0, 0.1) is 5.92 Å². The standard InChI is InChI=1S/C30H34N8O5S/c1-18(2)11-21-29-36-23(16-44-29)26(40)32-9-10-38(30(42)24-13-31-17-37(24)3)14-25(39)33-20(12-19-7-5-4-6-8-19)28-35-22(15-43-28)27(41)34-21/h4-8,13,15-18,20-21H,9-12,14H2,1-3H3,(H,32,40)(H,33,39)(H,34,41)/t20-,21-/m0/s1. The number of aromatic nitrogens is 4. The lowest BCUT2D eigenvalue weighted by atomic mass is 10.0. The van der Waals surface area contributed by atoms with Crippen LogP contribution in [0.25, 0.3) is 0 Å². The third-order valence-corrected chi connectivity index (χ3v) is 8.02. The van der Waals surface area contributed by atoms with Crippen LogP contribution >= 0.6 is 11.3 Å². The summed E-state index contributed by atoms with van der Waals surface area (Å²) in [6.45, 7) is 3.88. The van der Waals surface area contributed by atoms with Gasteiger partial charge in [-0.3, -0.25) is 19.2 Å². The van der Waals surface area contributed by atoms with Gasteiger partial charge in [0.15, 0.2) is 5.69 Å². The van der Waals surface area contributed by atoms with E-state index in [1.54, 1.807) is 17.0 Å². The Morgan fingerprint density at radius 2 is 1.86 bits per heavy atom. The number of nitrogens with zero attached hydrogens (tertiary/aromatic N) is 5. The number of benzene rings is 1. The molecule has 5 rings (SSSR count). The van der Waals surface area contributed by atoms with Crippen LogP contribution in [0.4, 0.5) is 0 Å². The molecule has 2 atom stereocenters. The minimum atomic E-state index is -0.730. The van der Waals surface area contributed by atoms with Crippen LogP contribution in [0.5, 0.6) is 0 Å². The molecule has 0 spiro atoms. The molecule has 1 aliphatic rings. The molecule has 14 heteroatoms. The van der Waals surface area contributed by atoms with Gasteiger partial charge in [0.1, 0.15) is 28.7 Å². The summed E-state index contributed by atoms with van der Waals surface area (Å²) in [7, 11) is 1.68. The van der Waals surface area contributed by atoms with Gasteiger partial charge in [0, 0.05) is 31.9 Å². The van der Waals surface area contributed by atoms with Crippen molar-refractivity contribution in [3.05, 3.63) is 88.0 Å². The summed E-state index contributed by atoms with van der Waals surface area (Å²) in [4.78, 5) is 67.5. The lowest BCUT2D eigenvalue weighted by Crippen LogP contribution is -2.45. The highest BCUT2D eigenvalue weighted by molar-refractivity contribution is 7.09. The predicted molar refractivity (Wildman–Crippen MR) is 161 cm³/mol. The number of oxazole rings is 1. The van der Waals surface area contributed by atoms with Crippen LogP contribution in [0.2, 0.25) is 0 Å². The van der Waals surface area contributed by atoms with Crippen molar-refractivity contribution in [2.45, 2.75) is 38.8 Å². The van der Waals surface area contributed by atoms with Gasteiger partial charge in [0.25, 0.3) is 17.7 Å². The van der Waals surface area contributed by atoms with Gasteiger partial charge >= 0.3 is 0 Å². The summed E-state index contributed by atoms with van der Waals surface area (Å²) < 4.78 is 7.31. The molecule has 4 amide bonds. The molecule has 0 unspecified atom stereocenters. The average Bonchev–Trinajstić information content (AvgIpc) is 3.77. The number of hydrogen-bond acceptors (Lipinski definition) is 9. The Morgan fingerprint density at radius 1 is 1.07 bits per heavy atom. The number of thiazole rings is 1. The van der Waals surface area contributed by atoms with E-state index in [-0.39, 0.29) is 48.5 Å². The van der Waals surface area contributed by atoms with E-state index in [0.29, 0.717) is 17.8 Å². The van der Waals surface area contributed by atoms with E-state index in [4.69, 9.17) is 4.42 Å². The maximum atomic E-state index is 13.5. The van der Waals surface area contributed by atoms with E-state index < -0.39 is 35.7 Å². The largest absolute Gasteiger partial charge is 0.446 e. The van der Waals surface area contributed by atoms with Crippen molar-refractivity contribution in [2.75, 3.05) is 19.6 Å². The first-order valence-corrected chi connectivity index (χ1v) is 15.1. The highest BCUT2D eigenvalue weighted by Gasteiger charge is 2.28. The third-order valence-electron chi connectivity index (χ3n) is 7.06. The smallest absolute Gasteiger partial charge is 0.273 e. The van der Waals surface area contributed by atoms with Crippen LogP contribution in [-0.4, -0.2) is 67.7 Å². The monoisotopic (exact) mass is 618 g/mol. The van der Waals surface area contributed by atoms with Gasteiger partial charge in [-0.15, -0.1) is 11.3 Å². The Kier molecular flexibility index (Phi) is 9.48. The fraction of sp³-hybridized carbons (Fsp3) is 0.367. The third kappa shape index (κ3) is 7.37. The van der Waals surface area contributed by atoms with Gasteiger partial charge in [-0.2, -0.15) is 0 Å². The number of hydrogen-bond donors (Lipinski definition) is 3. The molecule has 0 saturated heterocycles. The Bertz CT molecular complexity index is 1630. The molecule has 0 fully saturated rings. The van der Waals surface area contributed by atoms with Gasteiger partial charge in [0.05, 0.1) is 25.1 Å². The highest BCUT2D eigenvalue weighted by Crippen LogP contribution is 2.26. The van der Waals surface area contributed by atoms with Crippen molar-refractivity contribution in [3.63, 3.8) is 0 Å². The van der Waals surface area contributed by atoms with E-state index in [1.165, 1.54) is 35.0 Å². The van der Waals surface area contributed by atoms with Gasteiger partial charge in [-0.25, -0.2) is 15.0 Å². The van der Waals surface area contributed by atoms with Crippen LogP contribution < -0.4 is 16.0 Å². The van der Waals surface area contributed by atoms with Crippen molar-refractivity contribution < 1.29 is 23.6 Å². The second kappa shape index (κ2) is 13.6. The zero-order valence-electron chi connectivity index (χ0n) is 24.6. The van der Waals surface area contributed by atoms with E-state index in [1.807, 2.05) is 44.2 Å². The molecule has 13 nitrogen and oxygen atoms in total. The normalized spacial score (nSPS) is 18.3. The average molecular weight is 619 g/mol. The summed E-state index contributed by atoms with van der Waals surface area (Å²) in [5.41, 5.74) is 1.44. The number of amides is 4. The van der Waals surface area contributed by atoms with E-state index in [2.05, 4.69) is 30.9 Å². The van der Waals surface area contributed by atoms with Crippen molar-refractivity contribution in [2.24, 2.45) is 13.0 Å². The van der Waals surface area contributed by atoms with Crippen LogP contribution in [0.3, 0.4) is 0 Å². The first-order valence-electron chi connectivity index (χ1n) is 14.3. The Morgan fingerprint density at radius 3 is 2.59 bits per heavy atom. The fourth-order valence-corrected chi connectivity index (χ4v) is 5.73. The summed E-state index contributed by atoms with van der Waals surface area (Å²) in [5, 5.41) is 10.9. The SMILES string of the molecule is CC(C)C[C@@H]1NC(=O)c2coc(n2)[C@H](Cc2ccccc2)NC(=O)CN(C(=O)c2cncn2C)CCNC(=O)c2csc1n2. The Labute approximate surface area is 258 Å². The number of rotatable bonds is 5. The van der Waals surface area contributed by atoms with Gasteiger partial charge in [-0.05, 0) is 17.9 Å². The number of carbonyl (C=O) groups excluding carboxylic acids is 4. The lowest BCUT2D eigenvalue weighted by molar-refractivity contribution is -0.122. The van der Waals surface area contributed by atoms with Gasteiger partial charge in [-0.1, -0.05) is 44.2 Å². The summed E-state index contributed by atoms with van der Waals surface area (Å²) in [6.07, 6.45) is 5.09. The molecule has 0 radical (unpaired) electrons. The first kappa shape index (κ1) is 30.6. The molecule has 1 aromatic carbocycles. The highest BCUT2D eigenvalue weighted by atomic mass is 32.1. The maximum absolute atomic E-state index is 13.5. The first-order chi connectivity index (χ1) is 21.2. The van der Waals surface area contributed by atoms with Crippen LogP contribution in [0.1, 0.15) is 80.3 Å². The summed E-state index contributed by atoms with van der Waals surface area (Å²) in [5.74, 6) is -1.41. The maximum Gasteiger partial charge on any atom is 0.273 e. The second-order valence-corrected chi connectivity index (χ2v) is 11.9. The van der Waals surface area contributed by atoms with E-state index in [0.717, 1.165) is 5.56 Å². The van der Waals surface area contributed by atoms with Crippen LogP contribution in [-0.2, 0) is 18.3 Å². The van der Waals surface area contributed by atoms with Crippen molar-refractivity contribution >= 4 is 35.0 Å². The van der Waals surface area contributed by atoms with Gasteiger partial charge < -0.3 is 29.8 Å². The van der Waals surface area contributed by atoms with Gasteiger partial charge in [0.2, 0.25) is 11.8 Å². The minimum Gasteiger partial charge on any atom is -0.446 e. The molecular formula is C30H34N8O5S. The molecule has 3 N–H and O–H groups in total. The summed E-state index contributed by atoms with van der Waals surface area (Å²) in [6, 6.07) is 8.29. The molecule has 3 aromatic heterocycles. The van der Waals surface area contributed by atoms with Crippen molar-refractivity contribution in [1.82, 2.24) is 40.4 Å². The molecule has 44 heavy (non-hydrogen) atoms. The number of imidazole rings is 1. The quantitative estimate of drug-likeness (QED) is 0.307. The van der Waals surface area contributed by atoms with Crippen molar-refractivity contribution in [1.29, 1.82) is 0 Å². The van der Waals surface area contributed by atoms with E-state index in [9.17, 15) is 19.2 Å². The lowest BCUT2D eigenvalue weighted by Gasteiger charge is -2.24. The molecule has 4 heterocycles. The molecule has 0 saturated carbocycles. The van der Waals surface area contributed by atoms with Crippen molar-refractivity contribution in [3.8, 4) is 0 Å².